The largest absolute Gasteiger partial charge is 0.489 e. The van der Waals surface area contributed by atoms with Gasteiger partial charge in [-0.05, 0) is 50.5 Å². The number of nitrogens with zero attached hydrogens (tertiary/aromatic N) is 2. The third-order valence-corrected chi connectivity index (χ3v) is 3.59. The molecule has 1 aliphatic heterocycles. The summed E-state index contributed by atoms with van der Waals surface area (Å²) >= 11 is 5.84. The number of halogens is 2. The van der Waals surface area contributed by atoms with Crippen LogP contribution >= 0.6 is 35.6 Å². The number of benzene rings is 1. The van der Waals surface area contributed by atoms with E-state index in [2.05, 4.69) is 9.89 Å². The number of aliphatic imine (C=N–C) groups is 1. The number of guanidine groups is 1. The van der Waals surface area contributed by atoms with E-state index in [0.717, 1.165) is 18.8 Å². The summed E-state index contributed by atoms with van der Waals surface area (Å²) in [5.74, 6) is 1.44. The zero-order valence-electron chi connectivity index (χ0n) is 12.3. The van der Waals surface area contributed by atoms with Crippen molar-refractivity contribution < 1.29 is 4.74 Å². The second-order valence-electron chi connectivity index (χ2n) is 5.13. The summed E-state index contributed by atoms with van der Waals surface area (Å²) in [7, 11) is 0. The Labute approximate surface area is 148 Å². The Bertz CT molecular complexity index is 447. The van der Waals surface area contributed by atoms with Crippen LogP contribution in [0.25, 0.3) is 0 Å². The summed E-state index contributed by atoms with van der Waals surface area (Å²) in [5, 5.41) is 0.706. The molecule has 1 aromatic carbocycles. The Balaban J connectivity index is 0.00000220. The first-order chi connectivity index (χ1) is 9.65. The molecule has 2 rings (SSSR count). The molecule has 0 amide bonds. The van der Waals surface area contributed by atoms with Crippen molar-refractivity contribution in [2.75, 3.05) is 19.6 Å². The van der Waals surface area contributed by atoms with Crippen LogP contribution in [0.3, 0.4) is 0 Å². The first-order valence-corrected chi connectivity index (χ1v) is 7.50. The van der Waals surface area contributed by atoms with Crippen molar-refractivity contribution in [3.05, 3.63) is 29.3 Å². The van der Waals surface area contributed by atoms with E-state index in [1.54, 1.807) is 0 Å². The molecule has 2 N–H and O–H groups in total. The third-order valence-electron chi connectivity index (χ3n) is 3.34. The molecule has 1 fully saturated rings. The van der Waals surface area contributed by atoms with Crippen LogP contribution in [-0.2, 0) is 0 Å². The molecule has 0 saturated carbocycles. The molecule has 0 aromatic heterocycles. The second kappa shape index (κ2) is 9.35. The minimum Gasteiger partial charge on any atom is -0.489 e. The lowest BCUT2D eigenvalue weighted by Gasteiger charge is -2.27. The second-order valence-corrected chi connectivity index (χ2v) is 5.57. The standard InChI is InChI=1S/C15H22ClN3O.HI/c1-12(20-14-7-5-13(16)6-8-14)11-18-15(17)19-9-3-2-4-10-19;/h5-8,12H,2-4,9-11H2,1H3,(H2,17,18);1H. The molecule has 21 heavy (non-hydrogen) atoms. The molecule has 0 radical (unpaired) electrons. The quantitative estimate of drug-likeness (QED) is 0.458. The van der Waals surface area contributed by atoms with Crippen LogP contribution in [0.4, 0.5) is 0 Å². The number of nitrogens with two attached hydrogens (primary N) is 1. The highest BCUT2D eigenvalue weighted by atomic mass is 127. The molecular formula is C15H23ClIN3O. The number of ether oxygens (including phenoxy) is 1. The van der Waals surface area contributed by atoms with Crippen LogP contribution in [0.1, 0.15) is 26.2 Å². The van der Waals surface area contributed by atoms with Crippen LogP contribution < -0.4 is 10.5 Å². The smallest absolute Gasteiger partial charge is 0.191 e. The van der Waals surface area contributed by atoms with Crippen molar-refractivity contribution in [3.63, 3.8) is 0 Å². The SMILES string of the molecule is CC(CN=C(N)N1CCCCC1)Oc1ccc(Cl)cc1.I. The van der Waals surface area contributed by atoms with Crippen LogP contribution in [-0.4, -0.2) is 36.6 Å². The Morgan fingerprint density at radius 3 is 2.52 bits per heavy atom. The number of likely N-dealkylation sites (tertiary alicyclic amines) is 1. The van der Waals surface area contributed by atoms with E-state index in [1.807, 2.05) is 31.2 Å². The van der Waals surface area contributed by atoms with Crippen LogP contribution in [0, 0.1) is 0 Å². The van der Waals surface area contributed by atoms with Crippen molar-refractivity contribution in [3.8, 4) is 5.75 Å². The van der Waals surface area contributed by atoms with Crippen LogP contribution in [0.5, 0.6) is 5.75 Å². The lowest BCUT2D eigenvalue weighted by molar-refractivity contribution is 0.229. The molecular weight excluding hydrogens is 401 g/mol. The highest BCUT2D eigenvalue weighted by molar-refractivity contribution is 14.0. The molecule has 1 heterocycles. The summed E-state index contributed by atoms with van der Waals surface area (Å²) < 4.78 is 5.77. The molecule has 1 atom stereocenters. The fourth-order valence-electron chi connectivity index (χ4n) is 2.23. The van der Waals surface area contributed by atoms with Crippen LogP contribution in [0.15, 0.2) is 29.3 Å². The summed E-state index contributed by atoms with van der Waals surface area (Å²) in [6.07, 6.45) is 3.68. The van der Waals surface area contributed by atoms with E-state index < -0.39 is 0 Å². The number of hydrogen-bond donors (Lipinski definition) is 1. The zero-order valence-corrected chi connectivity index (χ0v) is 15.4. The van der Waals surface area contributed by atoms with Gasteiger partial charge in [0.1, 0.15) is 11.9 Å². The first kappa shape index (κ1) is 18.4. The molecule has 6 heteroatoms. The van der Waals surface area contributed by atoms with E-state index in [9.17, 15) is 0 Å². The summed E-state index contributed by atoms with van der Waals surface area (Å²) in [6.45, 7) is 4.58. The molecule has 118 valence electrons. The topological polar surface area (TPSA) is 50.8 Å². The average molecular weight is 424 g/mol. The van der Waals surface area contributed by atoms with Crippen molar-refractivity contribution in [1.82, 2.24) is 4.90 Å². The monoisotopic (exact) mass is 423 g/mol. The van der Waals surface area contributed by atoms with Gasteiger partial charge in [-0.15, -0.1) is 24.0 Å². The Kier molecular flexibility index (Phi) is 8.18. The van der Waals surface area contributed by atoms with Crippen molar-refractivity contribution in [1.29, 1.82) is 0 Å². The van der Waals surface area contributed by atoms with E-state index in [1.165, 1.54) is 19.3 Å². The van der Waals surface area contributed by atoms with Gasteiger partial charge in [-0.1, -0.05) is 11.6 Å². The highest BCUT2D eigenvalue weighted by Gasteiger charge is 2.12. The fraction of sp³-hybridized carbons (Fsp3) is 0.533. The predicted octanol–water partition coefficient (Wildman–Crippen LogP) is 3.53. The fourth-order valence-corrected chi connectivity index (χ4v) is 2.35. The van der Waals surface area contributed by atoms with Crippen LogP contribution in [0.2, 0.25) is 5.02 Å². The minimum absolute atomic E-state index is 0. The molecule has 1 unspecified atom stereocenters. The number of rotatable bonds is 4. The average Bonchev–Trinajstić information content (AvgIpc) is 2.48. The van der Waals surface area contributed by atoms with Crippen molar-refractivity contribution >= 4 is 41.5 Å². The van der Waals surface area contributed by atoms with Gasteiger partial charge in [0.05, 0.1) is 6.54 Å². The zero-order chi connectivity index (χ0) is 14.4. The lowest BCUT2D eigenvalue weighted by atomic mass is 10.1. The molecule has 1 aromatic rings. The summed E-state index contributed by atoms with van der Waals surface area (Å²) in [5.41, 5.74) is 6.01. The maximum atomic E-state index is 6.01. The van der Waals surface area contributed by atoms with Gasteiger partial charge >= 0.3 is 0 Å². The first-order valence-electron chi connectivity index (χ1n) is 7.12. The maximum Gasteiger partial charge on any atom is 0.191 e. The minimum atomic E-state index is -0.0143. The molecule has 1 saturated heterocycles. The third kappa shape index (κ3) is 6.30. The van der Waals surface area contributed by atoms with Gasteiger partial charge in [0.25, 0.3) is 0 Å². The highest BCUT2D eigenvalue weighted by Crippen LogP contribution is 2.16. The number of piperidine rings is 1. The molecule has 0 spiro atoms. The molecule has 0 bridgehead atoms. The molecule has 0 aliphatic carbocycles. The number of hydrogen-bond acceptors (Lipinski definition) is 2. The van der Waals surface area contributed by atoms with Gasteiger partial charge in [0, 0.05) is 18.1 Å². The van der Waals surface area contributed by atoms with E-state index in [4.69, 9.17) is 22.1 Å². The van der Waals surface area contributed by atoms with E-state index in [0.29, 0.717) is 17.5 Å². The summed E-state index contributed by atoms with van der Waals surface area (Å²) in [6, 6.07) is 7.34. The van der Waals surface area contributed by atoms with Crippen molar-refractivity contribution in [2.45, 2.75) is 32.3 Å². The Morgan fingerprint density at radius 1 is 1.29 bits per heavy atom. The van der Waals surface area contributed by atoms with Gasteiger partial charge in [-0.2, -0.15) is 0 Å². The van der Waals surface area contributed by atoms with Gasteiger partial charge in [-0.3, -0.25) is 0 Å². The van der Waals surface area contributed by atoms with Gasteiger partial charge in [0.2, 0.25) is 0 Å². The van der Waals surface area contributed by atoms with Gasteiger partial charge < -0.3 is 15.4 Å². The normalized spacial score (nSPS) is 17.0. The van der Waals surface area contributed by atoms with E-state index >= 15 is 0 Å². The Hall–Kier alpha value is -0.690. The molecule has 1 aliphatic rings. The van der Waals surface area contributed by atoms with Crippen molar-refractivity contribution in [2.24, 2.45) is 10.7 Å². The lowest BCUT2D eigenvalue weighted by Crippen LogP contribution is -2.41. The molecule has 4 nitrogen and oxygen atoms in total. The Morgan fingerprint density at radius 2 is 1.90 bits per heavy atom. The predicted molar refractivity (Wildman–Crippen MR) is 98.9 cm³/mol. The maximum absolute atomic E-state index is 6.01. The summed E-state index contributed by atoms with van der Waals surface area (Å²) in [4.78, 5) is 6.58. The van der Waals surface area contributed by atoms with E-state index in [-0.39, 0.29) is 30.1 Å². The van der Waals surface area contributed by atoms with Gasteiger partial charge in [0.15, 0.2) is 5.96 Å². The van der Waals surface area contributed by atoms with Gasteiger partial charge in [-0.25, -0.2) is 4.99 Å².